The lowest BCUT2D eigenvalue weighted by Gasteiger charge is -2.15. The Kier molecular flexibility index (Phi) is 21.6. The fourth-order valence-corrected chi connectivity index (χ4v) is 0. The summed E-state index contributed by atoms with van der Waals surface area (Å²) in [7, 11) is -4.61. The second-order valence-corrected chi connectivity index (χ2v) is 6.33. The molecular formula is C8H32N4O20Si. The van der Waals surface area contributed by atoms with Crippen LogP contribution in [0.1, 0.15) is 0 Å². The highest BCUT2D eigenvalue weighted by Crippen LogP contribution is 1.93. The van der Waals surface area contributed by atoms with E-state index >= 15 is 0 Å². The van der Waals surface area contributed by atoms with Crippen molar-refractivity contribution in [1.29, 1.82) is 0 Å². The van der Waals surface area contributed by atoms with E-state index in [1.165, 1.54) is 0 Å². The molecule has 24 nitrogen and oxygen atoms in total. The lowest BCUT2D eigenvalue weighted by atomic mass is 10.5. The molecule has 4 unspecified atom stereocenters. The molecule has 0 aliphatic heterocycles. The summed E-state index contributed by atoms with van der Waals surface area (Å²) in [6, 6.07) is 0. The molecule has 208 valence electrons. The van der Waals surface area contributed by atoms with Gasteiger partial charge in [0.25, 0.3) is 0 Å². The maximum Gasteiger partial charge on any atom is 0.668 e. The Morgan fingerprint density at radius 1 is 0.364 bits per heavy atom. The first-order chi connectivity index (χ1) is 13.8. The number of hydrogen-bond acceptors (Lipinski definition) is 24. The highest BCUT2D eigenvalue weighted by molar-refractivity contribution is 6.46. The van der Waals surface area contributed by atoms with Crippen molar-refractivity contribution in [2.45, 2.75) is 48.8 Å². The van der Waals surface area contributed by atoms with E-state index in [1.54, 1.807) is 0 Å². The summed E-state index contributed by atoms with van der Waals surface area (Å²) in [6.07, 6.45) is -8.14. The predicted molar refractivity (Wildman–Crippen MR) is 93.0 cm³/mol. The summed E-state index contributed by atoms with van der Waals surface area (Å²) in [6.45, 7) is 0. The number of nitrogens with two attached hydrogens (primary N) is 4. The summed E-state index contributed by atoms with van der Waals surface area (Å²) in [5.41, 5.74) is 17.5. The maximum absolute atomic E-state index is 7.92. The van der Waals surface area contributed by atoms with E-state index in [0.29, 0.717) is 0 Å². The van der Waals surface area contributed by atoms with Gasteiger partial charge in [0.1, 0.15) is 0 Å². The fourth-order valence-electron chi connectivity index (χ4n) is 0. The number of hydrogen-bond donors (Lipinski definition) is 24. The normalized spacial score (nSPS) is 16.0. The van der Waals surface area contributed by atoms with E-state index < -0.39 is 57.9 Å². The van der Waals surface area contributed by atoms with Gasteiger partial charge < -0.3 is 101 Å². The SMILES string of the molecule is NC(O)C(O)(O)O.NC(O)C(O)(O)O.NC(O)C(O)(O)O.NC(O)C(O)(O)O.O[Si](O)(O)O. The van der Waals surface area contributed by atoms with Crippen LogP contribution in [0.15, 0.2) is 0 Å². The molecule has 0 heterocycles. The molecule has 0 radical (unpaired) electrons. The summed E-state index contributed by atoms with van der Waals surface area (Å²) < 4.78 is 0. The monoisotopic (exact) mass is 532 g/mol. The Morgan fingerprint density at radius 3 is 0.394 bits per heavy atom. The van der Waals surface area contributed by atoms with Gasteiger partial charge in [-0.15, -0.1) is 0 Å². The van der Waals surface area contributed by atoms with Crippen LogP contribution in [0.4, 0.5) is 0 Å². The van der Waals surface area contributed by atoms with Crippen LogP contribution in [0.2, 0.25) is 0 Å². The van der Waals surface area contributed by atoms with Gasteiger partial charge in [0, 0.05) is 0 Å². The van der Waals surface area contributed by atoms with Crippen LogP contribution in [-0.2, 0) is 0 Å². The Bertz CT molecular complexity index is 367. The van der Waals surface area contributed by atoms with Crippen molar-refractivity contribution in [1.82, 2.24) is 0 Å². The van der Waals surface area contributed by atoms with Crippen LogP contribution in [0, 0.1) is 0 Å². The molecule has 33 heavy (non-hydrogen) atoms. The molecule has 0 aromatic heterocycles. The molecular weight excluding hydrogens is 500 g/mol. The Labute approximate surface area is 182 Å². The van der Waals surface area contributed by atoms with Crippen molar-refractivity contribution < 1.29 is 101 Å². The molecule has 0 saturated heterocycles. The van der Waals surface area contributed by atoms with Gasteiger partial charge in [0.05, 0.1) is 0 Å². The molecule has 28 N–H and O–H groups in total. The molecule has 0 amide bonds. The summed E-state index contributed by atoms with van der Waals surface area (Å²) in [5, 5.41) is 126. The number of rotatable bonds is 4. The first kappa shape index (κ1) is 42.4. The van der Waals surface area contributed by atoms with Crippen LogP contribution in [0.5, 0.6) is 0 Å². The maximum atomic E-state index is 7.92. The van der Waals surface area contributed by atoms with E-state index in [4.69, 9.17) is 101 Å². The molecule has 4 atom stereocenters. The molecule has 0 aromatic rings. The number of aliphatic hydroxyl groups is 16. The third kappa shape index (κ3) is 49.5. The van der Waals surface area contributed by atoms with Gasteiger partial charge in [-0.25, -0.2) is 0 Å². The number of aliphatic hydroxyl groups excluding tert-OH is 4. The lowest BCUT2D eigenvalue weighted by molar-refractivity contribution is -0.354. The van der Waals surface area contributed by atoms with Crippen molar-refractivity contribution in [2.24, 2.45) is 22.9 Å². The van der Waals surface area contributed by atoms with Gasteiger partial charge in [-0.05, 0) is 0 Å². The predicted octanol–water partition coefficient (Wildman–Crippen LogP) is -15.0. The zero-order valence-electron chi connectivity index (χ0n) is 16.1. The minimum Gasteiger partial charge on any atom is -0.371 e. The van der Waals surface area contributed by atoms with Crippen molar-refractivity contribution in [3.63, 3.8) is 0 Å². The minimum atomic E-state index is -4.61. The summed E-state index contributed by atoms with van der Waals surface area (Å²) >= 11 is 0. The van der Waals surface area contributed by atoms with E-state index in [9.17, 15) is 0 Å². The Hall–Kier alpha value is -0.743. The third-order valence-electron chi connectivity index (χ3n) is 1.59. The van der Waals surface area contributed by atoms with E-state index in [2.05, 4.69) is 22.9 Å². The quantitative estimate of drug-likeness (QED) is 0.118. The smallest absolute Gasteiger partial charge is 0.371 e. The fraction of sp³-hybridized carbons (Fsp3) is 1.00. The van der Waals surface area contributed by atoms with Crippen molar-refractivity contribution in [3.05, 3.63) is 0 Å². The first-order valence-corrected chi connectivity index (χ1v) is 8.89. The highest BCUT2D eigenvalue weighted by Gasteiger charge is 2.27. The van der Waals surface area contributed by atoms with E-state index in [0.717, 1.165) is 0 Å². The van der Waals surface area contributed by atoms with Crippen LogP contribution in [0.25, 0.3) is 0 Å². The molecule has 0 fully saturated rings. The first-order valence-electron chi connectivity index (χ1n) is 7.10. The van der Waals surface area contributed by atoms with Gasteiger partial charge in [0.15, 0.2) is 24.9 Å². The zero-order chi connectivity index (χ0) is 28.8. The Morgan fingerprint density at radius 2 is 0.394 bits per heavy atom. The van der Waals surface area contributed by atoms with Crippen LogP contribution < -0.4 is 22.9 Å². The molecule has 0 aromatic carbocycles. The van der Waals surface area contributed by atoms with Gasteiger partial charge >= 0.3 is 32.9 Å². The lowest BCUT2D eigenvalue weighted by Crippen LogP contribution is -2.47. The summed E-state index contributed by atoms with van der Waals surface area (Å²) in [5.74, 6) is -12.7. The standard InChI is InChI=1S/4C2H7NO4.H4O4Si/c4*3-1(4)2(5,6)7;1-5(2,3)4/h4*1,4-7H,3H2;1-4H. The van der Waals surface area contributed by atoms with Crippen molar-refractivity contribution in [3.8, 4) is 0 Å². The molecule has 0 rings (SSSR count). The van der Waals surface area contributed by atoms with Crippen LogP contribution in [0.3, 0.4) is 0 Å². The van der Waals surface area contributed by atoms with Gasteiger partial charge in [-0.2, -0.15) is 0 Å². The Balaban J connectivity index is -0.0000000995. The molecule has 25 heteroatoms. The third-order valence-corrected chi connectivity index (χ3v) is 1.59. The van der Waals surface area contributed by atoms with E-state index in [1.807, 2.05) is 0 Å². The molecule has 0 aliphatic carbocycles. The highest BCUT2D eigenvalue weighted by atomic mass is 28.4. The molecule has 0 saturated carbocycles. The molecule has 0 spiro atoms. The summed E-state index contributed by atoms with van der Waals surface area (Å²) in [4.78, 5) is 29.3. The molecule has 0 bridgehead atoms. The van der Waals surface area contributed by atoms with Gasteiger partial charge in [-0.3, -0.25) is 22.9 Å². The van der Waals surface area contributed by atoms with Crippen LogP contribution >= 0.6 is 0 Å². The molecule has 0 aliphatic rings. The average Bonchev–Trinajstić information content (AvgIpc) is 2.42. The van der Waals surface area contributed by atoms with Crippen molar-refractivity contribution >= 4 is 9.05 Å². The zero-order valence-corrected chi connectivity index (χ0v) is 17.1. The topological polar surface area (TPSA) is 509 Å². The second kappa shape index (κ2) is 16.8. The minimum absolute atomic E-state index is 2.03. The van der Waals surface area contributed by atoms with Gasteiger partial charge in [-0.1, -0.05) is 0 Å². The van der Waals surface area contributed by atoms with E-state index in [-0.39, 0.29) is 0 Å². The van der Waals surface area contributed by atoms with Crippen molar-refractivity contribution in [2.75, 3.05) is 0 Å². The van der Waals surface area contributed by atoms with Gasteiger partial charge in [0.2, 0.25) is 0 Å². The van der Waals surface area contributed by atoms with Crippen LogP contribution in [-0.4, -0.2) is 159 Å². The average molecular weight is 532 g/mol. The second-order valence-electron chi connectivity index (χ2n) is 5.13. The largest absolute Gasteiger partial charge is 0.668 e.